The number of halogens is 2. The summed E-state index contributed by atoms with van der Waals surface area (Å²) in [7, 11) is 0. The molecule has 0 aliphatic carbocycles. The van der Waals surface area contributed by atoms with Crippen LogP contribution < -0.4 is 9.64 Å². The molecule has 0 spiro atoms. The summed E-state index contributed by atoms with van der Waals surface area (Å²) in [6, 6.07) is 33.3. The van der Waals surface area contributed by atoms with Crippen LogP contribution in [0.5, 0.6) is 5.75 Å². The van der Waals surface area contributed by atoms with Crippen LogP contribution in [0.2, 0.25) is 10.0 Å². The van der Waals surface area contributed by atoms with Crippen molar-refractivity contribution in [2.24, 2.45) is 4.99 Å². The highest BCUT2D eigenvalue weighted by Gasteiger charge is 2.35. The van der Waals surface area contributed by atoms with Crippen molar-refractivity contribution < 1.29 is 9.53 Å². The fraction of sp³-hybridized carbons (Fsp3) is 0.0857. The molecule has 7 heteroatoms. The summed E-state index contributed by atoms with van der Waals surface area (Å²) in [6.45, 7) is 4.28. The monoisotopic (exact) mass is 608 g/mol. The number of anilines is 1. The maximum atomic E-state index is 14.1. The van der Waals surface area contributed by atoms with Gasteiger partial charge in [-0.2, -0.15) is 0 Å². The summed E-state index contributed by atoms with van der Waals surface area (Å²) in [6.07, 6.45) is 1.91. The number of amidine groups is 1. The zero-order valence-corrected chi connectivity index (χ0v) is 25.3. The molecule has 0 atom stereocenters. The zero-order chi connectivity index (χ0) is 29.2. The third kappa shape index (κ3) is 5.82. The van der Waals surface area contributed by atoms with Gasteiger partial charge < -0.3 is 4.74 Å². The number of benzene rings is 5. The largest absolute Gasteiger partial charge is 0.488 e. The lowest BCUT2D eigenvalue weighted by Gasteiger charge is -2.17. The molecule has 1 saturated heterocycles. The van der Waals surface area contributed by atoms with E-state index in [4.69, 9.17) is 32.9 Å². The number of rotatable bonds is 6. The molecular formula is C35H26Cl2N2O2S. The fourth-order valence-corrected chi connectivity index (χ4v) is 6.01. The van der Waals surface area contributed by atoms with Crippen molar-refractivity contribution in [3.05, 3.63) is 140 Å². The van der Waals surface area contributed by atoms with Crippen LogP contribution in [-0.4, -0.2) is 11.1 Å². The van der Waals surface area contributed by atoms with Crippen molar-refractivity contribution in [1.29, 1.82) is 0 Å². The summed E-state index contributed by atoms with van der Waals surface area (Å²) in [5, 5.41) is 3.74. The molecule has 4 nitrogen and oxygen atoms in total. The smallest absolute Gasteiger partial charge is 0.271 e. The van der Waals surface area contributed by atoms with Crippen molar-refractivity contribution in [2.75, 3.05) is 4.90 Å². The molecule has 1 aliphatic heterocycles. The Labute approximate surface area is 259 Å². The molecule has 1 amide bonds. The molecule has 5 aromatic rings. The van der Waals surface area contributed by atoms with E-state index in [2.05, 4.69) is 6.07 Å². The average molecular weight is 610 g/mol. The van der Waals surface area contributed by atoms with E-state index in [-0.39, 0.29) is 5.91 Å². The molecule has 1 fully saturated rings. The van der Waals surface area contributed by atoms with Crippen LogP contribution >= 0.6 is 35.0 Å². The van der Waals surface area contributed by atoms with E-state index in [0.29, 0.717) is 43.8 Å². The van der Waals surface area contributed by atoms with Crippen LogP contribution in [0.3, 0.4) is 0 Å². The van der Waals surface area contributed by atoms with Gasteiger partial charge in [-0.1, -0.05) is 96.0 Å². The van der Waals surface area contributed by atoms with Gasteiger partial charge in [-0.3, -0.25) is 9.69 Å². The number of fused-ring (bicyclic) bond motifs is 1. The first-order valence-electron chi connectivity index (χ1n) is 13.4. The van der Waals surface area contributed by atoms with E-state index in [9.17, 15) is 4.79 Å². The molecule has 0 radical (unpaired) electrons. The van der Waals surface area contributed by atoms with Gasteiger partial charge in [-0.15, -0.1) is 0 Å². The Kier molecular flexibility index (Phi) is 8.07. The molecule has 0 bridgehead atoms. The second-order valence-corrected chi connectivity index (χ2v) is 11.8. The van der Waals surface area contributed by atoms with Gasteiger partial charge in [0.05, 0.1) is 16.3 Å². The quantitative estimate of drug-likeness (QED) is 0.180. The molecule has 1 aliphatic rings. The van der Waals surface area contributed by atoms with E-state index in [1.165, 1.54) is 11.8 Å². The minimum absolute atomic E-state index is 0.196. The molecule has 0 unspecified atom stereocenters. The van der Waals surface area contributed by atoms with E-state index in [1.54, 1.807) is 17.0 Å². The minimum Gasteiger partial charge on any atom is -0.488 e. The lowest BCUT2D eigenvalue weighted by Crippen LogP contribution is -2.28. The summed E-state index contributed by atoms with van der Waals surface area (Å²) in [4.78, 5) is 21.1. The van der Waals surface area contributed by atoms with Crippen LogP contribution in [0.15, 0.2) is 113 Å². The molecule has 42 heavy (non-hydrogen) atoms. The summed E-state index contributed by atoms with van der Waals surface area (Å²) in [5.41, 5.74) is 5.07. The number of aliphatic imine (C=N–C) groups is 1. The normalized spacial score (nSPS) is 15.2. The number of hydrogen-bond donors (Lipinski definition) is 0. The van der Waals surface area contributed by atoms with Crippen LogP contribution in [0.4, 0.5) is 11.4 Å². The van der Waals surface area contributed by atoms with Gasteiger partial charge in [0.2, 0.25) is 0 Å². The van der Waals surface area contributed by atoms with E-state index < -0.39 is 0 Å². The maximum Gasteiger partial charge on any atom is 0.271 e. The standard InChI is InChI=1S/C35H26Cl2N2O2S/c1-22-12-15-26(18-30(22)36)38-35-39(27-16-13-23(2)31(37)19-27)34(40)33(42-35)20-29-28-11-7-6-10-25(28)14-17-32(29)41-21-24-8-4-3-5-9-24/h3-20H,21H2,1-2H3/b33-20+,38-35?. The fourth-order valence-electron chi connectivity index (χ4n) is 4.68. The molecule has 0 aromatic heterocycles. The highest BCUT2D eigenvalue weighted by Crippen LogP contribution is 2.41. The van der Waals surface area contributed by atoms with Gasteiger partial charge in [-0.05, 0) is 89.5 Å². The molecule has 208 valence electrons. The first-order chi connectivity index (χ1) is 20.4. The molecule has 5 aromatic carbocycles. The second-order valence-electron chi connectivity index (χ2n) is 9.99. The van der Waals surface area contributed by atoms with Crippen molar-refractivity contribution in [3.63, 3.8) is 0 Å². The number of carbonyl (C=O) groups is 1. The summed E-state index contributed by atoms with van der Waals surface area (Å²) < 4.78 is 6.32. The van der Waals surface area contributed by atoms with Crippen molar-refractivity contribution >= 4 is 74.3 Å². The van der Waals surface area contributed by atoms with Crippen molar-refractivity contribution in [3.8, 4) is 5.75 Å². The van der Waals surface area contributed by atoms with Gasteiger partial charge in [0.1, 0.15) is 12.4 Å². The topological polar surface area (TPSA) is 41.9 Å². The lowest BCUT2D eigenvalue weighted by molar-refractivity contribution is -0.113. The van der Waals surface area contributed by atoms with Gasteiger partial charge in [0, 0.05) is 15.6 Å². The Morgan fingerprint density at radius 3 is 2.31 bits per heavy atom. The Hall–Kier alpha value is -4.03. The highest BCUT2D eigenvalue weighted by molar-refractivity contribution is 8.19. The molecule has 0 saturated carbocycles. The predicted molar refractivity (Wildman–Crippen MR) is 177 cm³/mol. The van der Waals surface area contributed by atoms with Gasteiger partial charge >= 0.3 is 0 Å². The minimum atomic E-state index is -0.196. The van der Waals surface area contributed by atoms with Gasteiger partial charge in [0.25, 0.3) is 5.91 Å². The zero-order valence-electron chi connectivity index (χ0n) is 23.0. The Bertz CT molecular complexity index is 1890. The number of amides is 1. The Morgan fingerprint density at radius 2 is 1.55 bits per heavy atom. The molecule has 6 rings (SSSR count). The van der Waals surface area contributed by atoms with Gasteiger partial charge in [0.15, 0.2) is 5.17 Å². The number of aryl methyl sites for hydroxylation is 2. The average Bonchev–Trinajstić information content (AvgIpc) is 3.30. The first-order valence-corrected chi connectivity index (χ1v) is 15.0. The molecule has 1 heterocycles. The number of ether oxygens (including phenoxy) is 1. The number of hydrogen-bond acceptors (Lipinski definition) is 4. The van der Waals surface area contributed by atoms with Crippen molar-refractivity contribution in [1.82, 2.24) is 0 Å². The Morgan fingerprint density at radius 1 is 0.833 bits per heavy atom. The SMILES string of the molecule is Cc1ccc(N=C2S/C(=C/c3c(OCc4ccccc4)ccc4ccccc34)C(=O)N2c2ccc(C)c(Cl)c2)cc1Cl. The third-order valence-corrected chi connectivity index (χ3v) is 8.83. The van der Waals surface area contributed by atoms with Gasteiger partial charge in [-0.25, -0.2) is 4.99 Å². The molecule has 0 N–H and O–H groups in total. The number of carbonyl (C=O) groups excluding carboxylic acids is 1. The lowest BCUT2D eigenvalue weighted by atomic mass is 10.0. The van der Waals surface area contributed by atoms with E-state index in [1.807, 2.05) is 105 Å². The van der Waals surface area contributed by atoms with Crippen LogP contribution in [-0.2, 0) is 11.4 Å². The first kappa shape index (κ1) is 28.1. The number of nitrogens with zero attached hydrogens (tertiary/aromatic N) is 2. The van der Waals surface area contributed by atoms with Crippen LogP contribution in [0, 0.1) is 13.8 Å². The van der Waals surface area contributed by atoms with Crippen LogP contribution in [0.25, 0.3) is 16.8 Å². The number of thioether (sulfide) groups is 1. The van der Waals surface area contributed by atoms with E-state index >= 15 is 0 Å². The summed E-state index contributed by atoms with van der Waals surface area (Å²) >= 11 is 14.2. The van der Waals surface area contributed by atoms with Crippen molar-refractivity contribution in [2.45, 2.75) is 20.5 Å². The third-order valence-electron chi connectivity index (χ3n) is 7.04. The van der Waals surface area contributed by atoms with E-state index in [0.717, 1.165) is 33.0 Å². The Balaban J connectivity index is 1.46. The second kappa shape index (κ2) is 12.1. The predicted octanol–water partition coefficient (Wildman–Crippen LogP) is 10.2. The summed E-state index contributed by atoms with van der Waals surface area (Å²) in [5.74, 6) is 0.498. The highest BCUT2D eigenvalue weighted by atomic mass is 35.5. The maximum absolute atomic E-state index is 14.1. The van der Waals surface area contributed by atoms with Crippen LogP contribution in [0.1, 0.15) is 22.3 Å². The molecular weight excluding hydrogens is 583 g/mol.